The molecule has 0 atom stereocenters. The Labute approximate surface area is 199 Å². The zero-order valence-electron chi connectivity index (χ0n) is 18.5. The molecule has 0 spiro atoms. The molecule has 0 amide bonds. The Morgan fingerprint density at radius 3 is 2.44 bits per heavy atom. The summed E-state index contributed by atoms with van der Waals surface area (Å²) in [6.45, 7) is 3.89. The number of hydrogen-bond donors (Lipinski definition) is 0. The van der Waals surface area contributed by atoms with Crippen molar-refractivity contribution >= 4 is 17.4 Å². The van der Waals surface area contributed by atoms with E-state index in [0.717, 1.165) is 11.6 Å². The maximum absolute atomic E-state index is 14.5. The molecule has 174 valence electrons. The van der Waals surface area contributed by atoms with Crippen LogP contribution in [-0.4, -0.2) is 7.11 Å². The van der Waals surface area contributed by atoms with Crippen LogP contribution in [0, 0.1) is 17.7 Å². The number of benzene rings is 3. The first-order valence-corrected chi connectivity index (χ1v) is 10.6. The smallest absolute Gasteiger partial charge is 0.417 e. The highest BCUT2D eigenvalue weighted by molar-refractivity contribution is 6.32. The first-order chi connectivity index (χ1) is 16.0. The molecular formula is C27H19ClF4O2. The Morgan fingerprint density at radius 2 is 1.76 bits per heavy atom. The molecule has 0 fully saturated rings. The molecule has 0 N–H and O–H groups in total. The van der Waals surface area contributed by atoms with Crippen LogP contribution < -0.4 is 9.47 Å². The number of fused-ring (bicyclic) bond motifs is 1. The summed E-state index contributed by atoms with van der Waals surface area (Å²) in [5.74, 6) is 5.64. The molecule has 3 aromatic carbocycles. The fraction of sp³-hybridized carbons (Fsp3) is 0.185. The first-order valence-electron chi connectivity index (χ1n) is 10.3. The molecular weight excluding hydrogens is 468 g/mol. The molecule has 1 heterocycles. The highest BCUT2D eigenvalue weighted by Crippen LogP contribution is 2.43. The van der Waals surface area contributed by atoms with Gasteiger partial charge in [-0.15, -0.1) is 0 Å². The largest absolute Gasteiger partial charge is 0.497 e. The SMILES string of the molecule is COc1ccc(C#Cc2ccc3c(c2)OC(c2c(F)cccc2Cl)=CC3(C)C)c(C(F)(F)F)c1. The van der Waals surface area contributed by atoms with Gasteiger partial charge in [0.1, 0.15) is 23.1 Å². The van der Waals surface area contributed by atoms with Crippen molar-refractivity contribution in [1.29, 1.82) is 0 Å². The van der Waals surface area contributed by atoms with Gasteiger partial charge in [0, 0.05) is 22.1 Å². The van der Waals surface area contributed by atoms with Crippen LogP contribution >= 0.6 is 11.6 Å². The monoisotopic (exact) mass is 486 g/mol. The topological polar surface area (TPSA) is 18.5 Å². The highest BCUT2D eigenvalue weighted by Gasteiger charge is 2.34. The number of alkyl halides is 3. The van der Waals surface area contributed by atoms with E-state index >= 15 is 0 Å². The van der Waals surface area contributed by atoms with Gasteiger partial charge in [-0.25, -0.2) is 4.39 Å². The zero-order chi connectivity index (χ0) is 24.7. The molecule has 4 rings (SSSR count). The predicted octanol–water partition coefficient (Wildman–Crippen LogP) is 7.62. The number of hydrogen-bond acceptors (Lipinski definition) is 2. The third-order valence-corrected chi connectivity index (χ3v) is 5.79. The quantitative estimate of drug-likeness (QED) is 0.274. The van der Waals surface area contributed by atoms with Crippen LogP contribution in [0.1, 0.15) is 41.7 Å². The van der Waals surface area contributed by atoms with Gasteiger partial charge in [0.25, 0.3) is 0 Å². The molecule has 0 unspecified atom stereocenters. The van der Waals surface area contributed by atoms with Crippen molar-refractivity contribution in [3.8, 4) is 23.3 Å². The van der Waals surface area contributed by atoms with Crippen molar-refractivity contribution < 1.29 is 27.0 Å². The van der Waals surface area contributed by atoms with Crippen molar-refractivity contribution in [2.24, 2.45) is 0 Å². The van der Waals surface area contributed by atoms with Gasteiger partial charge in [-0.05, 0) is 48.5 Å². The lowest BCUT2D eigenvalue weighted by atomic mass is 9.81. The molecule has 34 heavy (non-hydrogen) atoms. The Morgan fingerprint density at radius 1 is 1.00 bits per heavy atom. The third-order valence-electron chi connectivity index (χ3n) is 5.47. The van der Waals surface area contributed by atoms with Crippen LogP contribution in [0.5, 0.6) is 11.5 Å². The molecule has 7 heteroatoms. The van der Waals surface area contributed by atoms with Crippen LogP contribution in [0.2, 0.25) is 5.02 Å². The summed E-state index contributed by atoms with van der Waals surface area (Å²) in [5.41, 5.74) is -0.151. The minimum absolute atomic E-state index is 0.0911. The van der Waals surface area contributed by atoms with Gasteiger partial charge in [-0.1, -0.05) is 49.4 Å². The first kappa shape index (κ1) is 23.7. The van der Waals surface area contributed by atoms with Gasteiger partial charge in [0.05, 0.1) is 23.3 Å². The second-order valence-corrected chi connectivity index (χ2v) is 8.71. The van der Waals surface area contributed by atoms with E-state index in [2.05, 4.69) is 11.8 Å². The van der Waals surface area contributed by atoms with Crippen molar-refractivity contribution in [3.63, 3.8) is 0 Å². The van der Waals surface area contributed by atoms with E-state index in [1.807, 2.05) is 13.8 Å². The van der Waals surface area contributed by atoms with Gasteiger partial charge < -0.3 is 9.47 Å². The lowest BCUT2D eigenvalue weighted by molar-refractivity contribution is -0.137. The van der Waals surface area contributed by atoms with Crippen LogP contribution in [0.4, 0.5) is 17.6 Å². The molecule has 0 bridgehead atoms. The fourth-order valence-corrected chi connectivity index (χ4v) is 4.02. The second kappa shape index (κ2) is 8.73. The minimum atomic E-state index is -4.58. The van der Waals surface area contributed by atoms with E-state index < -0.39 is 23.0 Å². The number of halogens is 5. The van der Waals surface area contributed by atoms with Crippen LogP contribution in [0.3, 0.4) is 0 Å². The number of methoxy groups -OCH3 is 1. The molecule has 0 saturated carbocycles. The van der Waals surface area contributed by atoms with E-state index in [4.69, 9.17) is 21.1 Å². The number of rotatable bonds is 2. The lowest BCUT2D eigenvalue weighted by Gasteiger charge is -2.31. The van der Waals surface area contributed by atoms with Gasteiger partial charge in [-0.3, -0.25) is 0 Å². The maximum atomic E-state index is 14.5. The standard InChI is InChI=1S/C27H19ClF4O2/c1-26(2)15-24(25-21(28)5-4-6-22(25)29)34-23-13-16(8-12-19(23)26)7-9-17-10-11-18(33-3)14-20(17)27(30,31)32/h4-6,8,10-15H,1-3H3. The van der Waals surface area contributed by atoms with Crippen LogP contribution in [0.15, 0.2) is 60.7 Å². The van der Waals surface area contributed by atoms with Gasteiger partial charge in [0.15, 0.2) is 0 Å². The summed E-state index contributed by atoms with van der Waals surface area (Å²) >= 11 is 6.22. The van der Waals surface area contributed by atoms with Crippen LogP contribution in [-0.2, 0) is 11.6 Å². The number of ether oxygens (including phenoxy) is 2. The van der Waals surface area contributed by atoms with E-state index in [0.29, 0.717) is 11.3 Å². The molecule has 3 aromatic rings. The summed E-state index contributed by atoms with van der Waals surface area (Å²) in [6, 6.07) is 13.1. The van der Waals surface area contributed by atoms with Crippen molar-refractivity contribution in [1.82, 2.24) is 0 Å². The maximum Gasteiger partial charge on any atom is 0.417 e. The van der Waals surface area contributed by atoms with Crippen molar-refractivity contribution in [2.75, 3.05) is 7.11 Å². The summed E-state index contributed by atoms with van der Waals surface area (Å²) in [5, 5.41) is 0.209. The number of allylic oxidation sites excluding steroid dienone is 1. The molecule has 1 aliphatic rings. The molecule has 2 nitrogen and oxygen atoms in total. The molecule has 0 aromatic heterocycles. The van der Waals surface area contributed by atoms with E-state index in [9.17, 15) is 17.6 Å². The third kappa shape index (κ3) is 4.62. The molecule has 0 saturated heterocycles. The average Bonchev–Trinajstić information content (AvgIpc) is 2.76. The highest BCUT2D eigenvalue weighted by atomic mass is 35.5. The summed E-state index contributed by atoms with van der Waals surface area (Å²) in [6.07, 6.45) is -2.79. The van der Waals surface area contributed by atoms with Crippen LogP contribution in [0.25, 0.3) is 5.76 Å². The van der Waals surface area contributed by atoms with E-state index in [1.54, 1.807) is 30.3 Å². The molecule has 0 aliphatic carbocycles. The van der Waals surface area contributed by atoms with Gasteiger partial charge in [0.2, 0.25) is 0 Å². The Balaban J connectivity index is 1.74. The summed E-state index contributed by atoms with van der Waals surface area (Å²) in [7, 11) is 1.30. The van der Waals surface area contributed by atoms with E-state index in [1.165, 1.54) is 31.4 Å². The average molecular weight is 487 g/mol. The lowest BCUT2D eigenvalue weighted by Crippen LogP contribution is -2.21. The van der Waals surface area contributed by atoms with Gasteiger partial charge >= 0.3 is 6.18 Å². The Kier molecular flexibility index (Phi) is 6.09. The molecule has 0 radical (unpaired) electrons. The zero-order valence-corrected chi connectivity index (χ0v) is 19.2. The minimum Gasteiger partial charge on any atom is -0.497 e. The van der Waals surface area contributed by atoms with Crippen molar-refractivity contribution in [3.05, 3.63) is 99.3 Å². The predicted molar refractivity (Wildman–Crippen MR) is 123 cm³/mol. The molecule has 1 aliphatic heterocycles. The summed E-state index contributed by atoms with van der Waals surface area (Å²) in [4.78, 5) is 0. The van der Waals surface area contributed by atoms with Gasteiger partial charge in [-0.2, -0.15) is 13.2 Å². The Hall–Kier alpha value is -3.43. The second-order valence-electron chi connectivity index (χ2n) is 8.30. The van der Waals surface area contributed by atoms with Crippen molar-refractivity contribution in [2.45, 2.75) is 25.4 Å². The summed E-state index contributed by atoms with van der Waals surface area (Å²) < 4.78 is 65.8. The fourth-order valence-electron chi connectivity index (χ4n) is 3.76. The normalized spacial score (nSPS) is 14.3. The van der Waals surface area contributed by atoms with E-state index in [-0.39, 0.29) is 27.7 Å². The Bertz CT molecular complexity index is 1340.